The first-order valence-electron chi connectivity index (χ1n) is 10.7. The van der Waals surface area contributed by atoms with Crippen molar-refractivity contribution >= 4 is 34.4 Å². The zero-order valence-corrected chi connectivity index (χ0v) is 18.7. The van der Waals surface area contributed by atoms with Crippen LogP contribution in [0.2, 0.25) is 0 Å². The smallest absolute Gasteiger partial charge is 0.413 e. The maximum Gasteiger partial charge on any atom is 0.413 e. The summed E-state index contributed by atoms with van der Waals surface area (Å²) in [7, 11) is 0. The highest BCUT2D eigenvalue weighted by molar-refractivity contribution is 7.14. The Morgan fingerprint density at radius 2 is 1.74 bits per heavy atom. The van der Waals surface area contributed by atoms with Gasteiger partial charge in [0.25, 0.3) is 5.91 Å². The van der Waals surface area contributed by atoms with Gasteiger partial charge in [0.15, 0.2) is 5.13 Å². The lowest BCUT2D eigenvalue weighted by Gasteiger charge is -2.19. The largest absolute Gasteiger partial charge is 0.480 e. The van der Waals surface area contributed by atoms with Crippen molar-refractivity contribution in [2.75, 3.05) is 18.5 Å². The van der Waals surface area contributed by atoms with E-state index in [1.165, 1.54) is 5.38 Å². The number of thiazole rings is 1. The van der Waals surface area contributed by atoms with Gasteiger partial charge >= 0.3 is 12.1 Å². The van der Waals surface area contributed by atoms with E-state index >= 15 is 0 Å². The van der Waals surface area contributed by atoms with Gasteiger partial charge in [0.1, 0.15) is 18.3 Å². The number of aliphatic hydroxyl groups is 1. The molecule has 5 rings (SSSR count). The molecule has 3 N–H and O–H groups in total. The fraction of sp³-hybridized carbons (Fsp3) is 0.250. The number of aliphatic hydroxyl groups excluding tert-OH is 1. The highest BCUT2D eigenvalue weighted by atomic mass is 32.1. The minimum absolute atomic E-state index is 0.000650. The second-order valence-corrected chi connectivity index (χ2v) is 9.05. The lowest BCUT2D eigenvalue weighted by atomic mass is 9.98. The molecule has 2 atom stereocenters. The average molecular weight is 480 g/mol. The summed E-state index contributed by atoms with van der Waals surface area (Å²) in [5, 5.41) is 23.2. The number of hydrogen-bond donors (Lipinski definition) is 3. The number of hydrogen-bond acceptors (Lipinski definition) is 7. The van der Waals surface area contributed by atoms with Gasteiger partial charge in [-0.15, -0.1) is 11.3 Å². The summed E-state index contributed by atoms with van der Waals surface area (Å²) in [5.41, 5.74) is 4.45. The number of aliphatic carboxylic acids is 1. The number of nitrogens with zero attached hydrogens (tertiary/aromatic N) is 2. The minimum atomic E-state index is -1.18. The molecule has 9 nitrogen and oxygen atoms in total. The molecule has 174 valence electrons. The predicted molar refractivity (Wildman–Crippen MR) is 124 cm³/mol. The number of rotatable bonds is 5. The predicted octanol–water partition coefficient (Wildman–Crippen LogP) is 3.16. The number of benzene rings is 2. The Morgan fingerprint density at radius 1 is 1.09 bits per heavy atom. The zero-order valence-electron chi connectivity index (χ0n) is 17.9. The van der Waals surface area contributed by atoms with Gasteiger partial charge in [-0.1, -0.05) is 48.5 Å². The Balaban J connectivity index is 1.23. The number of carboxylic acid groups (broad SMARTS) is 1. The van der Waals surface area contributed by atoms with Crippen molar-refractivity contribution in [2.24, 2.45) is 0 Å². The third kappa shape index (κ3) is 4.02. The van der Waals surface area contributed by atoms with Crippen molar-refractivity contribution in [1.82, 2.24) is 9.88 Å². The van der Waals surface area contributed by atoms with E-state index in [4.69, 9.17) is 4.74 Å². The van der Waals surface area contributed by atoms with Gasteiger partial charge in [-0.3, -0.25) is 10.1 Å². The normalized spacial score (nSPS) is 18.9. The number of amides is 2. The van der Waals surface area contributed by atoms with Gasteiger partial charge in [-0.25, -0.2) is 14.6 Å². The van der Waals surface area contributed by atoms with Crippen molar-refractivity contribution in [3.63, 3.8) is 0 Å². The number of carboxylic acids is 1. The van der Waals surface area contributed by atoms with E-state index in [1.54, 1.807) is 0 Å². The summed E-state index contributed by atoms with van der Waals surface area (Å²) < 4.78 is 5.49. The topological polar surface area (TPSA) is 129 Å². The van der Waals surface area contributed by atoms with E-state index in [9.17, 15) is 24.6 Å². The molecule has 10 heteroatoms. The van der Waals surface area contributed by atoms with Crippen molar-refractivity contribution in [2.45, 2.75) is 24.5 Å². The van der Waals surface area contributed by atoms with Crippen molar-refractivity contribution in [1.29, 1.82) is 0 Å². The van der Waals surface area contributed by atoms with Gasteiger partial charge in [0.05, 0.1) is 6.10 Å². The number of fused-ring (bicyclic) bond motifs is 3. The second-order valence-electron chi connectivity index (χ2n) is 8.19. The van der Waals surface area contributed by atoms with Crippen LogP contribution < -0.4 is 5.32 Å². The van der Waals surface area contributed by atoms with Gasteiger partial charge in [-0.2, -0.15) is 0 Å². The molecule has 2 amide bonds. The molecule has 2 aliphatic rings. The summed E-state index contributed by atoms with van der Waals surface area (Å²) in [4.78, 5) is 41.7. The van der Waals surface area contributed by atoms with Crippen LogP contribution >= 0.6 is 11.3 Å². The monoisotopic (exact) mass is 479 g/mol. The van der Waals surface area contributed by atoms with E-state index in [-0.39, 0.29) is 36.3 Å². The second kappa shape index (κ2) is 8.88. The number of carbonyl (C=O) groups excluding carboxylic acids is 2. The lowest BCUT2D eigenvalue weighted by Crippen LogP contribution is -2.40. The fourth-order valence-electron chi connectivity index (χ4n) is 4.57. The van der Waals surface area contributed by atoms with Gasteiger partial charge in [-0.05, 0) is 22.3 Å². The van der Waals surface area contributed by atoms with Crippen LogP contribution in [-0.2, 0) is 9.53 Å². The van der Waals surface area contributed by atoms with Crippen LogP contribution in [0.5, 0.6) is 0 Å². The van der Waals surface area contributed by atoms with E-state index in [0.717, 1.165) is 38.5 Å². The molecule has 1 fully saturated rings. The van der Waals surface area contributed by atoms with Crippen LogP contribution in [0.1, 0.15) is 34.0 Å². The Morgan fingerprint density at radius 3 is 2.38 bits per heavy atom. The highest BCUT2D eigenvalue weighted by Gasteiger charge is 2.40. The molecule has 2 heterocycles. The van der Waals surface area contributed by atoms with Crippen molar-refractivity contribution in [3.05, 3.63) is 70.7 Å². The first-order valence-corrected chi connectivity index (χ1v) is 11.6. The molecule has 0 spiro atoms. The summed E-state index contributed by atoms with van der Waals surface area (Å²) in [5.74, 6) is -1.88. The third-order valence-corrected chi connectivity index (χ3v) is 6.86. The van der Waals surface area contributed by atoms with Crippen LogP contribution in [0, 0.1) is 0 Å². The van der Waals surface area contributed by atoms with Crippen LogP contribution in [0.3, 0.4) is 0 Å². The SMILES string of the molecule is O=C(Nc1nc(C(=O)N2CC(O)CC2C(=O)O)cs1)OCC1c2ccccc2-c2ccccc21. The van der Waals surface area contributed by atoms with E-state index in [1.807, 2.05) is 36.4 Å². The van der Waals surface area contributed by atoms with Gasteiger partial charge < -0.3 is 19.8 Å². The Bertz CT molecular complexity index is 1230. The first kappa shape index (κ1) is 22.1. The lowest BCUT2D eigenvalue weighted by molar-refractivity contribution is -0.141. The highest BCUT2D eigenvalue weighted by Crippen LogP contribution is 2.44. The Kier molecular flexibility index (Phi) is 5.76. The summed E-state index contributed by atoms with van der Waals surface area (Å²) >= 11 is 1.03. The summed E-state index contributed by atoms with van der Waals surface area (Å²) in [6, 6.07) is 14.9. The Hall–Kier alpha value is -3.76. The van der Waals surface area contributed by atoms with E-state index in [0.29, 0.717) is 0 Å². The van der Waals surface area contributed by atoms with Crippen LogP contribution in [0.15, 0.2) is 53.9 Å². The molecule has 0 saturated carbocycles. The Labute approximate surface area is 198 Å². The molecule has 2 aromatic carbocycles. The first-order chi connectivity index (χ1) is 16.4. The van der Waals surface area contributed by atoms with Crippen LogP contribution in [-0.4, -0.2) is 63.4 Å². The number of aromatic nitrogens is 1. The van der Waals surface area contributed by atoms with E-state index in [2.05, 4.69) is 22.4 Å². The standard InChI is InChI=1S/C24H21N3O6S/c28-13-9-20(22(30)31)27(10-13)21(29)19-12-34-23(25-19)26-24(32)33-11-18-16-7-3-1-5-14(16)15-6-2-4-8-17(15)18/h1-8,12-13,18,20,28H,9-11H2,(H,30,31)(H,25,26,32). The maximum atomic E-state index is 12.7. The summed E-state index contributed by atoms with van der Waals surface area (Å²) in [6.45, 7) is 0.0610. The van der Waals surface area contributed by atoms with E-state index < -0.39 is 30.1 Å². The number of likely N-dealkylation sites (tertiary alicyclic amines) is 1. The molecule has 0 bridgehead atoms. The molecular weight excluding hydrogens is 458 g/mol. The van der Waals surface area contributed by atoms with Crippen molar-refractivity contribution in [3.8, 4) is 11.1 Å². The number of carbonyl (C=O) groups is 3. The number of nitrogens with one attached hydrogen (secondary N) is 1. The maximum absolute atomic E-state index is 12.7. The number of ether oxygens (including phenoxy) is 1. The van der Waals surface area contributed by atoms with Gasteiger partial charge in [0.2, 0.25) is 0 Å². The quantitative estimate of drug-likeness (QED) is 0.513. The molecule has 34 heavy (non-hydrogen) atoms. The molecule has 2 unspecified atom stereocenters. The summed E-state index contributed by atoms with van der Waals surface area (Å²) in [6.07, 6.45) is -1.63. The molecular formula is C24H21N3O6S. The molecule has 1 saturated heterocycles. The molecule has 1 aliphatic heterocycles. The number of anilines is 1. The van der Waals surface area contributed by atoms with Crippen LogP contribution in [0.4, 0.5) is 9.93 Å². The molecule has 3 aromatic rings. The van der Waals surface area contributed by atoms with Gasteiger partial charge in [0, 0.05) is 24.3 Å². The zero-order chi connectivity index (χ0) is 23.8. The fourth-order valence-corrected chi connectivity index (χ4v) is 5.24. The van der Waals surface area contributed by atoms with Crippen LogP contribution in [0.25, 0.3) is 11.1 Å². The molecule has 0 radical (unpaired) electrons. The molecule has 1 aliphatic carbocycles. The minimum Gasteiger partial charge on any atom is -0.480 e. The molecule has 1 aromatic heterocycles. The van der Waals surface area contributed by atoms with Crippen molar-refractivity contribution < 1.29 is 29.3 Å². The third-order valence-electron chi connectivity index (χ3n) is 6.10. The number of β-amino-alcohol motifs (C(OH)–C–C–N with tert-alkyl or cyclic N) is 1. The average Bonchev–Trinajstić information content (AvgIpc) is 3.53.